The van der Waals surface area contributed by atoms with Gasteiger partial charge in [-0.1, -0.05) is 38.8 Å². The summed E-state index contributed by atoms with van der Waals surface area (Å²) >= 11 is 0. The number of carbonyl (C=O) groups excluding carboxylic acids is 4. The van der Waals surface area contributed by atoms with Crippen LogP contribution in [0.5, 0.6) is 0 Å². The van der Waals surface area contributed by atoms with Crippen LogP contribution in [0.4, 0.5) is 0 Å². The van der Waals surface area contributed by atoms with Crippen molar-refractivity contribution < 1.29 is 23.9 Å². The van der Waals surface area contributed by atoms with Crippen molar-refractivity contribution in [3.05, 3.63) is 35.4 Å². The van der Waals surface area contributed by atoms with Crippen LogP contribution >= 0.6 is 0 Å². The number of fused-ring (bicyclic) bond motifs is 1. The first-order chi connectivity index (χ1) is 13.4. The molecular formula is C21H26N2O5. The lowest BCUT2D eigenvalue weighted by molar-refractivity contribution is -0.153. The van der Waals surface area contributed by atoms with E-state index in [1.165, 1.54) is 0 Å². The van der Waals surface area contributed by atoms with Crippen LogP contribution in [0.15, 0.2) is 24.3 Å². The van der Waals surface area contributed by atoms with Gasteiger partial charge < -0.3 is 10.1 Å². The van der Waals surface area contributed by atoms with Gasteiger partial charge in [0.2, 0.25) is 0 Å². The lowest BCUT2D eigenvalue weighted by atomic mass is 10.0. The number of esters is 1. The van der Waals surface area contributed by atoms with E-state index in [0.717, 1.165) is 30.6 Å². The van der Waals surface area contributed by atoms with Crippen LogP contribution in [0, 0.1) is 5.92 Å². The molecule has 0 unspecified atom stereocenters. The maximum Gasteiger partial charge on any atom is 0.329 e. The van der Waals surface area contributed by atoms with Crippen molar-refractivity contribution in [1.29, 1.82) is 0 Å². The van der Waals surface area contributed by atoms with Gasteiger partial charge >= 0.3 is 5.97 Å². The number of hydrogen-bond donors (Lipinski definition) is 1. The lowest BCUT2D eigenvalue weighted by Crippen LogP contribution is -2.47. The molecule has 1 aliphatic carbocycles. The van der Waals surface area contributed by atoms with E-state index in [1.807, 2.05) is 13.8 Å². The minimum Gasteiger partial charge on any atom is -0.454 e. The molecule has 28 heavy (non-hydrogen) atoms. The van der Waals surface area contributed by atoms with Crippen molar-refractivity contribution in [2.75, 3.05) is 6.61 Å². The first-order valence-corrected chi connectivity index (χ1v) is 9.81. The Hall–Kier alpha value is -2.70. The second-order valence-electron chi connectivity index (χ2n) is 7.83. The number of amides is 3. The van der Waals surface area contributed by atoms with Gasteiger partial charge in [0, 0.05) is 6.04 Å². The monoisotopic (exact) mass is 386 g/mol. The summed E-state index contributed by atoms with van der Waals surface area (Å²) in [5.41, 5.74) is 0.570. The molecular weight excluding hydrogens is 360 g/mol. The quantitative estimate of drug-likeness (QED) is 0.573. The van der Waals surface area contributed by atoms with Crippen LogP contribution in [-0.4, -0.2) is 47.3 Å². The van der Waals surface area contributed by atoms with Crippen LogP contribution < -0.4 is 5.32 Å². The molecule has 7 nitrogen and oxygen atoms in total. The summed E-state index contributed by atoms with van der Waals surface area (Å²) in [5.74, 6) is -2.04. The molecule has 1 fully saturated rings. The van der Waals surface area contributed by atoms with E-state index in [4.69, 9.17) is 4.74 Å². The van der Waals surface area contributed by atoms with Crippen LogP contribution in [0.25, 0.3) is 0 Å². The molecule has 0 aromatic heterocycles. The number of rotatable bonds is 7. The largest absolute Gasteiger partial charge is 0.454 e. The third-order valence-corrected chi connectivity index (χ3v) is 5.17. The Morgan fingerprint density at radius 1 is 1.11 bits per heavy atom. The summed E-state index contributed by atoms with van der Waals surface area (Å²) < 4.78 is 5.19. The summed E-state index contributed by atoms with van der Waals surface area (Å²) in [7, 11) is 0. The minimum absolute atomic E-state index is 0.0502. The average Bonchev–Trinajstić information content (AvgIpc) is 3.25. The molecule has 1 N–H and O–H groups in total. The molecule has 1 heterocycles. The van der Waals surface area contributed by atoms with Crippen LogP contribution in [0.1, 0.15) is 66.7 Å². The van der Waals surface area contributed by atoms with Gasteiger partial charge in [0.1, 0.15) is 6.04 Å². The first-order valence-electron chi connectivity index (χ1n) is 9.81. The van der Waals surface area contributed by atoms with Crippen LogP contribution in [0.3, 0.4) is 0 Å². The average molecular weight is 386 g/mol. The highest BCUT2D eigenvalue weighted by Gasteiger charge is 2.43. The molecule has 0 bridgehead atoms. The lowest BCUT2D eigenvalue weighted by Gasteiger charge is -2.26. The van der Waals surface area contributed by atoms with Crippen molar-refractivity contribution in [3.63, 3.8) is 0 Å². The van der Waals surface area contributed by atoms with E-state index in [-0.39, 0.29) is 35.4 Å². The number of ether oxygens (including phenoxy) is 1. The van der Waals surface area contributed by atoms with Crippen molar-refractivity contribution >= 4 is 23.7 Å². The number of nitrogens with zero attached hydrogens (tertiary/aromatic N) is 1. The number of imide groups is 1. The summed E-state index contributed by atoms with van der Waals surface area (Å²) in [4.78, 5) is 51.2. The van der Waals surface area contributed by atoms with Gasteiger partial charge in [-0.3, -0.25) is 19.3 Å². The molecule has 1 aliphatic heterocycles. The molecule has 3 rings (SSSR count). The standard InChI is InChI=1S/C21H26N2O5/c1-13(2)11-17(21(27)28-12-18(24)22-14-7-3-4-8-14)23-19(25)15-9-5-6-10-16(15)20(23)26/h5-6,9-10,13-14,17H,3-4,7-8,11-12H2,1-2H3,(H,22,24)/t17-/m1/s1. The Balaban J connectivity index is 1.68. The van der Waals surface area contributed by atoms with Gasteiger partial charge in [0.05, 0.1) is 11.1 Å². The first kappa shape index (κ1) is 20.0. The number of hydrogen-bond acceptors (Lipinski definition) is 5. The van der Waals surface area contributed by atoms with E-state index in [1.54, 1.807) is 24.3 Å². The Kier molecular flexibility index (Phi) is 6.11. The molecule has 2 aliphatic rings. The predicted molar refractivity (Wildman–Crippen MR) is 102 cm³/mol. The van der Waals surface area contributed by atoms with E-state index >= 15 is 0 Å². The highest BCUT2D eigenvalue weighted by molar-refractivity contribution is 6.22. The maximum atomic E-state index is 12.7. The Labute approximate surface area is 164 Å². The zero-order valence-corrected chi connectivity index (χ0v) is 16.3. The van der Waals surface area contributed by atoms with E-state index < -0.39 is 30.4 Å². The van der Waals surface area contributed by atoms with Gasteiger partial charge in [-0.05, 0) is 37.3 Å². The molecule has 0 spiro atoms. The minimum atomic E-state index is -1.05. The Morgan fingerprint density at radius 3 is 2.21 bits per heavy atom. The third kappa shape index (κ3) is 4.24. The molecule has 1 aromatic rings. The fraction of sp³-hybridized carbons (Fsp3) is 0.524. The highest BCUT2D eigenvalue weighted by Crippen LogP contribution is 2.27. The third-order valence-electron chi connectivity index (χ3n) is 5.17. The maximum absolute atomic E-state index is 12.7. The van der Waals surface area contributed by atoms with Gasteiger partial charge in [0.15, 0.2) is 6.61 Å². The van der Waals surface area contributed by atoms with E-state index in [0.29, 0.717) is 0 Å². The number of carbonyl (C=O) groups is 4. The smallest absolute Gasteiger partial charge is 0.329 e. The van der Waals surface area contributed by atoms with E-state index in [9.17, 15) is 19.2 Å². The molecule has 1 atom stereocenters. The molecule has 3 amide bonds. The van der Waals surface area contributed by atoms with Gasteiger partial charge in [0.25, 0.3) is 17.7 Å². The molecule has 0 radical (unpaired) electrons. The topological polar surface area (TPSA) is 92.8 Å². The Morgan fingerprint density at radius 2 is 1.68 bits per heavy atom. The fourth-order valence-electron chi connectivity index (χ4n) is 3.82. The molecule has 1 aromatic carbocycles. The zero-order valence-electron chi connectivity index (χ0n) is 16.3. The Bertz CT molecular complexity index is 748. The van der Waals surface area contributed by atoms with Gasteiger partial charge in [-0.2, -0.15) is 0 Å². The van der Waals surface area contributed by atoms with Crippen LogP contribution in [0.2, 0.25) is 0 Å². The zero-order chi connectivity index (χ0) is 20.3. The van der Waals surface area contributed by atoms with Crippen molar-refractivity contribution in [3.8, 4) is 0 Å². The number of nitrogens with one attached hydrogen (secondary N) is 1. The number of benzene rings is 1. The SMILES string of the molecule is CC(C)C[C@H](C(=O)OCC(=O)NC1CCCC1)N1C(=O)c2ccccc2C1=O. The summed E-state index contributed by atoms with van der Waals surface area (Å²) in [6, 6.07) is 5.58. The summed E-state index contributed by atoms with van der Waals surface area (Å²) in [6.45, 7) is 3.38. The van der Waals surface area contributed by atoms with Crippen molar-refractivity contribution in [2.24, 2.45) is 5.92 Å². The molecule has 1 saturated carbocycles. The summed E-state index contributed by atoms with van der Waals surface area (Å²) in [5, 5.41) is 2.85. The predicted octanol–water partition coefficient (Wildman–Crippen LogP) is 2.30. The van der Waals surface area contributed by atoms with Crippen molar-refractivity contribution in [2.45, 2.75) is 58.0 Å². The highest BCUT2D eigenvalue weighted by atomic mass is 16.5. The molecule has 150 valence electrons. The van der Waals surface area contributed by atoms with Crippen molar-refractivity contribution in [1.82, 2.24) is 10.2 Å². The second kappa shape index (κ2) is 8.54. The normalized spacial score (nSPS) is 17.8. The molecule has 7 heteroatoms. The van der Waals surface area contributed by atoms with Gasteiger partial charge in [-0.15, -0.1) is 0 Å². The second-order valence-corrected chi connectivity index (χ2v) is 7.83. The van der Waals surface area contributed by atoms with Crippen LogP contribution in [-0.2, 0) is 14.3 Å². The molecule has 0 saturated heterocycles. The fourth-order valence-corrected chi connectivity index (χ4v) is 3.82. The summed E-state index contributed by atoms with van der Waals surface area (Å²) in [6.07, 6.45) is 4.31. The van der Waals surface area contributed by atoms with Gasteiger partial charge in [-0.25, -0.2) is 4.79 Å². The van der Waals surface area contributed by atoms with E-state index in [2.05, 4.69) is 5.32 Å².